The number of rotatable bonds is 8. The van der Waals surface area contributed by atoms with Crippen molar-refractivity contribution in [2.45, 2.75) is 20.8 Å². The monoisotopic (exact) mass is 389 g/mol. The topological polar surface area (TPSA) is 78.5 Å². The Bertz CT molecular complexity index is 910. The zero-order valence-corrected chi connectivity index (χ0v) is 17.1. The van der Waals surface area contributed by atoms with Crippen LogP contribution in [0.25, 0.3) is 0 Å². The predicted octanol–water partition coefficient (Wildman–Crippen LogP) is 2.93. The SMILES string of the molecule is CCN(CCNC(=O)c1ccc(C)c(NS(C)(=O)=O)c1)c1ccccc1C. The number of anilines is 2. The molecule has 2 rings (SSSR count). The van der Waals surface area contributed by atoms with Gasteiger partial charge in [-0.2, -0.15) is 0 Å². The van der Waals surface area contributed by atoms with Crippen molar-refractivity contribution in [2.75, 3.05) is 35.5 Å². The van der Waals surface area contributed by atoms with Gasteiger partial charge in [0.2, 0.25) is 10.0 Å². The first-order valence-electron chi connectivity index (χ1n) is 8.88. The molecule has 0 saturated heterocycles. The van der Waals surface area contributed by atoms with Crippen molar-refractivity contribution in [2.24, 2.45) is 0 Å². The van der Waals surface area contributed by atoms with Crippen LogP contribution in [0.3, 0.4) is 0 Å². The number of benzene rings is 2. The Morgan fingerprint density at radius 1 is 1.07 bits per heavy atom. The fourth-order valence-electron chi connectivity index (χ4n) is 2.85. The smallest absolute Gasteiger partial charge is 0.251 e. The first kappa shape index (κ1) is 20.8. The van der Waals surface area contributed by atoms with Crippen LogP contribution in [0.5, 0.6) is 0 Å². The fraction of sp³-hybridized carbons (Fsp3) is 0.350. The molecule has 2 aromatic carbocycles. The zero-order valence-electron chi connectivity index (χ0n) is 16.2. The van der Waals surface area contributed by atoms with Crippen molar-refractivity contribution in [3.8, 4) is 0 Å². The van der Waals surface area contributed by atoms with Crippen LogP contribution >= 0.6 is 0 Å². The maximum absolute atomic E-state index is 12.4. The molecule has 0 saturated carbocycles. The molecule has 0 aliphatic carbocycles. The van der Waals surface area contributed by atoms with Crippen molar-refractivity contribution in [1.82, 2.24) is 5.32 Å². The molecule has 0 aliphatic heterocycles. The van der Waals surface area contributed by atoms with Crippen LogP contribution in [0.4, 0.5) is 11.4 Å². The standard InChI is InChI=1S/C20H27N3O3S/c1-5-23(19-9-7-6-8-16(19)3)13-12-21-20(24)17-11-10-15(2)18(14-17)22-27(4,25)26/h6-11,14,22H,5,12-13H2,1-4H3,(H,21,24). The summed E-state index contributed by atoms with van der Waals surface area (Å²) >= 11 is 0. The lowest BCUT2D eigenvalue weighted by atomic mass is 10.1. The van der Waals surface area contributed by atoms with Gasteiger partial charge in [0.05, 0.1) is 11.9 Å². The van der Waals surface area contributed by atoms with Gasteiger partial charge in [-0.25, -0.2) is 8.42 Å². The second kappa shape index (κ2) is 8.90. The van der Waals surface area contributed by atoms with Gasteiger partial charge >= 0.3 is 0 Å². The highest BCUT2D eigenvalue weighted by atomic mass is 32.2. The summed E-state index contributed by atoms with van der Waals surface area (Å²) in [4.78, 5) is 14.6. The van der Waals surface area contributed by atoms with Gasteiger partial charge in [-0.1, -0.05) is 24.3 Å². The van der Waals surface area contributed by atoms with E-state index in [-0.39, 0.29) is 5.91 Å². The van der Waals surface area contributed by atoms with Crippen molar-refractivity contribution < 1.29 is 13.2 Å². The van der Waals surface area contributed by atoms with Gasteiger partial charge in [-0.3, -0.25) is 9.52 Å². The molecule has 0 atom stereocenters. The molecule has 0 bridgehead atoms. The van der Waals surface area contributed by atoms with Gasteiger partial charge in [-0.05, 0) is 50.1 Å². The van der Waals surface area contributed by atoms with E-state index in [1.807, 2.05) is 12.1 Å². The lowest BCUT2D eigenvalue weighted by Gasteiger charge is -2.25. The Morgan fingerprint density at radius 2 is 1.78 bits per heavy atom. The van der Waals surface area contributed by atoms with Crippen LogP contribution in [-0.4, -0.2) is 40.2 Å². The minimum absolute atomic E-state index is 0.229. The van der Waals surface area contributed by atoms with Crippen LogP contribution in [0.15, 0.2) is 42.5 Å². The van der Waals surface area contributed by atoms with Crippen LogP contribution in [0.1, 0.15) is 28.4 Å². The van der Waals surface area contributed by atoms with E-state index < -0.39 is 10.0 Å². The summed E-state index contributed by atoms with van der Waals surface area (Å²) in [6.45, 7) is 7.96. The van der Waals surface area contributed by atoms with Crippen molar-refractivity contribution in [1.29, 1.82) is 0 Å². The number of nitrogens with one attached hydrogen (secondary N) is 2. The average Bonchev–Trinajstić information content (AvgIpc) is 2.60. The molecule has 0 fully saturated rings. The van der Waals surface area contributed by atoms with Gasteiger partial charge in [0.25, 0.3) is 5.91 Å². The zero-order chi connectivity index (χ0) is 20.0. The van der Waals surface area contributed by atoms with Gasteiger partial charge < -0.3 is 10.2 Å². The molecule has 2 N–H and O–H groups in total. The number of carbonyl (C=O) groups is 1. The van der Waals surface area contributed by atoms with Crippen LogP contribution in [-0.2, 0) is 10.0 Å². The lowest BCUT2D eigenvalue weighted by molar-refractivity contribution is 0.0954. The minimum Gasteiger partial charge on any atom is -0.370 e. The Hall–Kier alpha value is -2.54. The molecule has 0 aliphatic rings. The number of para-hydroxylation sites is 1. The van der Waals surface area contributed by atoms with E-state index in [2.05, 4.69) is 40.9 Å². The number of carbonyl (C=O) groups excluding carboxylic acids is 1. The molecule has 0 spiro atoms. The van der Waals surface area contributed by atoms with Gasteiger partial charge in [-0.15, -0.1) is 0 Å². The second-order valence-corrected chi connectivity index (χ2v) is 8.27. The summed E-state index contributed by atoms with van der Waals surface area (Å²) in [6.07, 6.45) is 1.09. The summed E-state index contributed by atoms with van der Waals surface area (Å²) in [5.41, 5.74) is 3.95. The second-order valence-electron chi connectivity index (χ2n) is 6.53. The first-order valence-corrected chi connectivity index (χ1v) is 10.8. The number of aryl methyl sites for hydroxylation is 2. The van der Waals surface area contributed by atoms with Gasteiger partial charge in [0, 0.05) is 30.9 Å². The highest BCUT2D eigenvalue weighted by Gasteiger charge is 2.12. The Morgan fingerprint density at radius 3 is 2.41 bits per heavy atom. The predicted molar refractivity (Wildman–Crippen MR) is 111 cm³/mol. The highest BCUT2D eigenvalue weighted by Crippen LogP contribution is 2.19. The third kappa shape index (κ3) is 5.99. The van der Waals surface area contributed by atoms with Crippen LogP contribution in [0.2, 0.25) is 0 Å². The molecule has 0 unspecified atom stereocenters. The molecule has 6 nitrogen and oxygen atoms in total. The molecule has 2 aromatic rings. The average molecular weight is 390 g/mol. The molecule has 146 valence electrons. The molecular weight excluding hydrogens is 362 g/mol. The van der Waals surface area contributed by atoms with Crippen LogP contribution in [0, 0.1) is 13.8 Å². The Labute approximate surface area is 161 Å². The number of amides is 1. The quantitative estimate of drug-likeness (QED) is 0.728. The summed E-state index contributed by atoms with van der Waals surface area (Å²) in [5, 5.41) is 2.90. The van der Waals surface area contributed by atoms with Gasteiger partial charge in [0.15, 0.2) is 0 Å². The number of hydrogen-bond donors (Lipinski definition) is 2. The minimum atomic E-state index is -3.40. The van der Waals surface area contributed by atoms with Gasteiger partial charge in [0.1, 0.15) is 0 Å². The molecule has 0 radical (unpaired) electrons. The molecular formula is C20H27N3O3S. The maximum atomic E-state index is 12.4. The number of hydrogen-bond acceptors (Lipinski definition) is 4. The normalized spacial score (nSPS) is 11.1. The number of sulfonamides is 1. The number of likely N-dealkylation sites (N-methyl/N-ethyl adjacent to an activating group) is 1. The fourth-order valence-corrected chi connectivity index (χ4v) is 3.47. The third-order valence-electron chi connectivity index (χ3n) is 4.30. The summed E-state index contributed by atoms with van der Waals surface area (Å²) in [7, 11) is -3.40. The highest BCUT2D eigenvalue weighted by molar-refractivity contribution is 7.92. The Balaban J connectivity index is 2.01. The summed E-state index contributed by atoms with van der Waals surface area (Å²) in [5.74, 6) is -0.229. The summed E-state index contributed by atoms with van der Waals surface area (Å²) in [6, 6.07) is 13.1. The van der Waals surface area contributed by atoms with E-state index >= 15 is 0 Å². The maximum Gasteiger partial charge on any atom is 0.251 e. The van der Waals surface area contributed by atoms with E-state index in [9.17, 15) is 13.2 Å². The van der Waals surface area contributed by atoms with E-state index in [0.717, 1.165) is 24.1 Å². The van der Waals surface area contributed by atoms with E-state index in [1.165, 1.54) is 5.56 Å². The van der Waals surface area contributed by atoms with E-state index in [0.29, 0.717) is 24.3 Å². The van der Waals surface area contributed by atoms with Crippen molar-refractivity contribution in [3.63, 3.8) is 0 Å². The molecule has 0 heterocycles. The largest absolute Gasteiger partial charge is 0.370 e. The molecule has 0 aromatic heterocycles. The first-order chi connectivity index (χ1) is 12.7. The van der Waals surface area contributed by atoms with Crippen molar-refractivity contribution >= 4 is 27.3 Å². The molecule has 27 heavy (non-hydrogen) atoms. The molecule has 7 heteroatoms. The lowest BCUT2D eigenvalue weighted by Crippen LogP contribution is -2.35. The Kier molecular flexibility index (Phi) is 6.85. The summed E-state index contributed by atoms with van der Waals surface area (Å²) < 4.78 is 25.4. The molecule has 1 amide bonds. The van der Waals surface area contributed by atoms with Crippen LogP contribution < -0.4 is 14.9 Å². The van der Waals surface area contributed by atoms with E-state index in [4.69, 9.17) is 0 Å². The van der Waals surface area contributed by atoms with E-state index in [1.54, 1.807) is 25.1 Å². The number of nitrogens with zero attached hydrogens (tertiary/aromatic N) is 1. The van der Waals surface area contributed by atoms with Crippen molar-refractivity contribution in [3.05, 3.63) is 59.2 Å². The third-order valence-corrected chi connectivity index (χ3v) is 4.89.